The molecule has 2 atom stereocenters. The molecule has 1 aliphatic rings. The molecule has 1 fully saturated rings. The average Bonchev–Trinajstić information content (AvgIpc) is 3.24. The van der Waals surface area contributed by atoms with Crippen molar-refractivity contribution in [3.63, 3.8) is 0 Å². The summed E-state index contributed by atoms with van der Waals surface area (Å²) in [5.41, 5.74) is 12.5. The van der Waals surface area contributed by atoms with Crippen LogP contribution in [0.4, 0.5) is 14.6 Å². The van der Waals surface area contributed by atoms with E-state index in [1.54, 1.807) is 18.3 Å². The van der Waals surface area contributed by atoms with Crippen LogP contribution in [0.25, 0.3) is 0 Å². The molecule has 1 amide bonds. The van der Waals surface area contributed by atoms with Crippen LogP contribution in [-0.2, 0) is 22.6 Å². The van der Waals surface area contributed by atoms with Gasteiger partial charge < -0.3 is 21.9 Å². The van der Waals surface area contributed by atoms with Gasteiger partial charge in [-0.15, -0.1) is 0 Å². The van der Waals surface area contributed by atoms with Crippen LogP contribution < -0.4 is 16.8 Å². The summed E-state index contributed by atoms with van der Waals surface area (Å²) < 4.78 is 25.9. The lowest BCUT2D eigenvalue weighted by Gasteiger charge is -2.22. The van der Waals surface area contributed by atoms with Gasteiger partial charge in [-0.1, -0.05) is 26.0 Å². The Bertz CT molecular complexity index is 956. The number of halogens is 2. The van der Waals surface area contributed by atoms with E-state index in [1.807, 2.05) is 0 Å². The second-order valence-electron chi connectivity index (χ2n) is 8.75. The number of benzene rings is 1. The number of pyridine rings is 1. The predicted molar refractivity (Wildman–Crippen MR) is 126 cm³/mol. The maximum atomic E-state index is 13.1. The number of carbonyl (C=O) groups excluding carboxylic acids is 1. The van der Waals surface area contributed by atoms with Crippen LogP contribution in [-0.4, -0.2) is 52.0 Å². The number of carboxylic acids is 1. The summed E-state index contributed by atoms with van der Waals surface area (Å²) in [4.78, 5) is 28.6. The van der Waals surface area contributed by atoms with Crippen LogP contribution in [0.1, 0.15) is 37.8 Å². The van der Waals surface area contributed by atoms with Crippen LogP contribution in [0.15, 0.2) is 36.5 Å². The van der Waals surface area contributed by atoms with Gasteiger partial charge in [0.15, 0.2) is 11.6 Å². The van der Waals surface area contributed by atoms with E-state index in [0.717, 1.165) is 43.6 Å². The molecule has 0 unspecified atom stereocenters. The first-order valence-corrected chi connectivity index (χ1v) is 11.2. The van der Waals surface area contributed by atoms with Crippen molar-refractivity contribution >= 4 is 17.7 Å². The van der Waals surface area contributed by atoms with Crippen molar-refractivity contribution in [1.29, 1.82) is 0 Å². The van der Waals surface area contributed by atoms with E-state index in [9.17, 15) is 18.4 Å². The van der Waals surface area contributed by atoms with Gasteiger partial charge in [0, 0.05) is 19.3 Å². The number of hydrogen-bond acceptors (Lipinski definition) is 6. The number of aromatic nitrogens is 1. The molecule has 2 aromatic rings. The molecule has 186 valence electrons. The van der Waals surface area contributed by atoms with Gasteiger partial charge in [-0.25, -0.2) is 13.8 Å². The molecule has 1 saturated heterocycles. The molecular weight excluding hydrogens is 444 g/mol. The normalized spacial score (nSPS) is 16.6. The van der Waals surface area contributed by atoms with Gasteiger partial charge >= 0.3 is 5.97 Å². The predicted octanol–water partition coefficient (Wildman–Crippen LogP) is 2.32. The molecule has 2 heterocycles. The summed E-state index contributed by atoms with van der Waals surface area (Å²) in [6.07, 6.45) is 3.52. The molecule has 3 rings (SSSR count). The summed E-state index contributed by atoms with van der Waals surface area (Å²) in [6, 6.07) is 5.74. The Labute approximate surface area is 198 Å². The fourth-order valence-corrected chi connectivity index (χ4v) is 3.67. The highest BCUT2D eigenvalue weighted by atomic mass is 19.2. The highest BCUT2D eigenvalue weighted by molar-refractivity contribution is 5.81. The second kappa shape index (κ2) is 13.0. The molecule has 1 aromatic heterocycles. The molecule has 0 spiro atoms. The number of carbonyl (C=O) groups is 2. The number of rotatable bonds is 8. The smallest absolute Gasteiger partial charge is 0.320 e. The fourth-order valence-electron chi connectivity index (χ4n) is 3.67. The van der Waals surface area contributed by atoms with E-state index < -0.39 is 23.6 Å². The molecule has 1 aliphatic heterocycles. The highest BCUT2D eigenvalue weighted by Crippen LogP contribution is 2.18. The zero-order valence-electron chi connectivity index (χ0n) is 19.5. The van der Waals surface area contributed by atoms with Gasteiger partial charge in [0.2, 0.25) is 5.91 Å². The van der Waals surface area contributed by atoms with E-state index in [4.69, 9.17) is 16.6 Å². The van der Waals surface area contributed by atoms with Crippen LogP contribution in [0.2, 0.25) is 0 Å². The summed E-state index contributed by atoms with van der Waals surface area (Å²) in [5, 5.41) is 11.5. The number of nitrogens with zero attached hydrogens (tertiary/aromatic N) is 2. The lowest BCUT2D eigenvalue weighted by molar-refractivity contribution is -0.142. The maximum Gasteiger partial charge on any atom is 0.320 e. The molecule has 0 saturated carbocycles. The third-order valence-electron chi connectivity index (χ3n) is 5.34. The number of amides is 1. The van der Waals surface area contributed by atoms with Crippen molar-refractivity contribution in [2.75, 3.05) is 18.8 Å². The standard InChI is InChI=1S/C15H16F2N4O.C9H17NO2/c16-11-3-1-9(5-12(11)17)6-13(18)15(22)21-8-10-2-4-14(19)20-7-10;1-7(2)6-10-5-3-4-8(10)9(11)12/h1-5,7,13H,6,8,18H2,(H2,19,20)(H,21,22);7-8H,3-6H2,1-2H3,(H,11,12)/t13-;8-/m01/s1. The first-order valence-electron chi connectivity index (χ1n) is 11.2. The summed E-state index contributed by atoms with van der Waals surface area (Å²) in [7, 11) is 0. The van der Waals surface area contributed by atoms with Gasteiger partial charge in [-0.2, -0.15) is 0 Å². The summed E-state index contributed by atoms with van der Waals surface area (Å²) in [5.74, 6) is -1.99. The highest BCUT2D eigenvalue weighted by Gasteiger charge is 2.30. The van der Waals surface area contributed by atoms with Crippen molar-refractivity contribution < 1.29 is 23.5 Å². The fraction of sp³-hybridized carbons (Fsp3) is 0.458. The number of likely N-dealkylation sites (tertiary alicyclic amines) is 1. The first kappa shape index (κ1) is 27.1. The van der Waals surface area contributed by atoms with Crippen molar-refractivity contribution in [3.8, 4) is 0 Å². The zero-order valence-corrected chi connectivity index (χ0v) is 19.5. The van der Waals surface area contributed by atoms with Crippen molar-refractivity contribution in [2.45, 2.75) is 51.7 Å². The largest absolute Gasteiger partial charge is 0.480 e. The minimum absolute atomic E-state index is 0.114. The third-order valence-corrected chi connectivity index (χ3v) is 5.34. The van der Waals surface area contributed by atoms with E-state index in [2.05, 4.69) is 29.0 Å². The topological polar surface area (TPSA) is 135 Å². The van der Waals surface area contributed by atoms with Gasteiger partial charge in [-0.3, -0.25) is 14.5 Å². The van der Waals surface area contributed by atoms with Gasteiger partial charge in [0.25, 0.3) is 0 Å². The molecule has 6 N–H and O–H groups in total. The molecular formula is C24H33F2N5O3. The number of hydrogen-bond donors (Lipinski definition) is 4. The monoisotopic (exact) mass is 477 g/mol. The second-order valence-corrected chi connectivity index (χ2v) is 8.75. The van der Waals surface area contributed by atoms with Crippen molar-refractivity contribution in [2.24, 2.45) is 11.7 Å². The minimum Gasteiger partial charge on any atom is -0.480 e. The van der Waals surface area contributed by atoms with Crippen LogP contribution in [0.3, 0.4) is 0 Å². The number of nitrogen functional groups attached to an aromatic ring is 1. The number of carboxylic acid groups (broad SMARTS) is 1. The Morgan fingerprint density at radius 3 is 2.50 bits per heavy atom. The molecule has 10 heteroatoms. The Morgan fingerprint density at radius 1 is 1.21 bits per heavy atom. The quantitative estimate of drug-likeness (QED) is 0.458. The van der Waals surface area contributed by atoms with Crippen molar-refractivity contribution in [3.05, 3.63) is 59.3 Å². The van der Waals surface area contributed by atoms with Crippen LogP contribution >= 0.6 is 0 Å². The Morgan fingerprint density at radius 2 is 1.91 bits per heavy atom. The van der Waals surface area contributed by atoms with E-state index in [-0.39, 0.29) is 24.9 Å². The average molecular weight is 478 g/mol. The van der Waals surface area contributed by atoms with E-state index in [0.29, 0.717) is 17.3 Å². The molecule has 0 radical (unpaired) electrons. The molecule has 0 aliphatic carbocycles. The Hall–Kier alpha value is -3.11. The van der Waals surface area contributed by atoms with E-state index >= 15 is 0 Å². The van der Waals surface area contributed by atoms with E-state index in [1.165, 1.54) is 6.07 Å². The van der Waals surface area contributed by atoms with Crippen LogP contribution in [0.5, 0.6) is 0 Å². The molecule has 1 aromatic carbocycles. The number of anilines is 1. The maximum absolute atomic E-state index is 13.1. The molecule has 34 heavy (non-hydrogen) atoms. The van der Waals surface area contributed by atoms with Gasteiger partial charge in [-0.05, 0) is 61.1 Å². The lowest BCUT2D eigenvalue weighted by Crippen LogP contribution is -2.41. The Balaban J connectivity index is 0.000000287. The number of nitrogens with one attached hydrogen (secondary N) is 1. The van der Waals surface area contributed by atoms with Gasteiger partial charge in [0.05, 0.1) is 6.04 Å². The lowest BCUT2D eigenvalue weighted by atomic mass is 10.1. The van der Waals surface area contributed by atoms with Crippen LogP contribution in [0, 0.1) is 17.6 Å². The first-order chi connectivity index (χ1) is 16.1. The molecule has 8 nitrogen and oxygen atoms in total. The SMILES string of the molecule is CC(C)CN1CCC[C@@H]1C(=O)O.Nc1ccc(CNC(=O)[C@@H](N)Cc2ccc(F)c(F)c2)cn1. The minimum atomic E-state index is -0.960. The third kappa shape index (κ3) is 8.68. The number of nitrogens with two attached hydrogens (primary N) is 2. The summed E-state index contributed by atoms with van der Waals surface area (Å²) in [6.45, 7) is 6.37. The number of aliphatic carboxylic acids is 1. The van der Waals surface area contributed by atoms with Gasteiger partial charge in [0.1, 0.15) is 11.9 Å². The Kier molecular flexibility index (Phi) is 10.3. The van der Waals surface area contributed by atoms with Crippen molar-refractivity contribution in [1.82, 2.24) is 15.2 Å². The molecule has 0 bridgehead atoms. The zero-order chi connectivity index (χ0) is 25.3. The summed E-state index contributed by atoms with van der Waals surface area (Å²) >= 11 is 0.